The van der Waals surface area contributed by atoms with Gasteiger partial charge in [0.05, 0.1) is 5.02 Å². The normalized spacial score (nSPS) is 14.7. The van der Waals surface area contributed by atoms with Crippen LogP contribution in [0.25, 0.3) is 0 Å². The molecule has 134 valence electrons. The predicted octanol–water partition coefficient (Wildman–Crippen LogP) is 4.49. The van der Waals surface area contributed by atoms with Gasteiger partial charge in [0, 0.05) is 23.5 Å². The number of halogens is 2. The fraction of sp³-hybridized carbons (Fsp3) is 0.143. The minimum Gasteiger partial charge on any atom is -0.302 e. The van der Waals surface area contributed by atoms with Gasteiger partial charge < -0.3 is 4.57 Å². The number of imidazole rings is 1. The van der Waals surface area contributed by atoms with E-state index in [4.69, 9.17) is 11.6 Å². The number of hydrogen-bond donors (Lipinski definition) is 0. The van der Waals surface area contributed by atoms with Crippen molar-refractivity contribution in [3.05, 3.63) is 76.8 Å². The third-order valence-corrected chi connectivity index (χ3v) is 4.80. The predicted molar refractivity (Wildman–Crippen MR) is 103 cm³/mol. The summed E-state index contributed by atoms with van der Waals surface area (Å²) in [6, 6.07) is 12.2. The van der Waals surface area contributed by atoms with Crippen LogP contribution in [0.5, 0.6) is 0 Å². The maximum Gasteiger partial charge on any atom is 0.259 e. The number of fused-ring (bicyclic) bond motifs is 1. The van der Waals surface area contributed by atoms with Gasteiger partial charge in [-0.2, -0.15) is 0 Å². The highest BCUT2D eigenvalue weighted by Gasteiger charge is 2.46. The van der Waals surface area contributed by atoms with Crippen LogP contribution < -0.4 is 4.90 Å². The molecule has 1 aliphatic rings. The van der Waals surface area contributed by atoms with Gasteiger partial charge in [-0.15, -0.1) is 0 Å². The van der Waals surface area contributed by atoms with Gasteiger partial charge in [-0.3, -0.25) is 4.79 Å². The maximum atomic E-state index is 14.9. The molecule has 1 aromatic heterocycles. The number of aromatic nitrogens is 2. The molecule has 0 N–H and O–H groups in total. The Morgan fingerprint density at radius 2 is 1.81 bits per heavy atom. The Morgan fingerprint density at radius 1 is 1.11 bits per heavy atom. The van der Waals surface area contributed by atoms with Crippen molar-refractivity contribution in [2.24, 2.45) is 0 Å². The van der Waals surface area contributed by atoms with Crippen molar-refractivity contribution in [3.63, 3.8) is 0 Å². The highest BCUT2D eigenvalue weighted by atomic mass is 35.5. The van der Waals surface area contributed by atoms with Crippen molar-refractivity contribution in [1.29, 1.82) is 0 Å². The smallest absolute Gasteiger partial charge is 0.259 e. The second-order valence-electron chi connectivity index (χ2n) is 6.70. The second-order valence-corrected chi connectivity index (χ2v) is 7.11. The van der Waals surface area contributed by atoms with E-state index in [1.807, 2.05) is 30.3 Å². The van der Waals surface area contributed by atoms with E-state index in [0.29, 0.717) is 11.5 Å². The van der Waals surface area contributed by atoms with Gasteiger partial charge in [-0.25, -0.2) is 14.3 Å². The summed E-state index contributed by atoms with van der Waals surface area (Å²) < 4.78 is 16.6. The van der Waals surface area contributed by atoms with Crippen LogP contribution in [0.1, 0.15) is 25.0 Å². The van der Waals surface area contributed by atoms with Crippen LogP contribution in [0.2, 0.25) is 5.02 Å². The molecule has 1 aliphatic heterocycles. The molecule has 0 aliphatic carbocycles. The van der Waals surface area contributed by atoms with Crippen LogP contribution in [0.4, 0.5) is 16.0 Å². The van der Waals surface area contributed by atoms with E-state index in [0.717, 1.165) is 5.56 Å². The Hall–Kier alpha value is -3.10. The van der Waals surface area contributed by atoms with E-state index in [2.05, 4.69) is 16.8 Å². The topological polar surface area (TPSA) is 38.1 Å². The summed E-state index contributed by atoms with van der Waals surface area (Å²) in [7, 11) is 0. The molecule has 0 fully saturated rings. The zero-order chi connectivity index (χ0) is 19.2. The third kappa shape index (κ3) is 2.79. The zero-order valence-electron chi connectivity index (χ0n) is 14.7. The summed E-state index contributed by atoms with van der Waals surface area (Å²) in [5.74, 6) is 5.29. The summed E-state index contributed by atoms with van der Waals surface area (Å²) in [5.41, 5.74) is 0.369. The number of carbonyl (C=O) groups excluding carboxylic acids is 1. The van der Waals surface area contributed by atoms with E-state index in [9.17, 15) is 9.18 Å². The number of benzene rings is 2. The maximum absolute atomic E-state index is 14.9. The van der Waals surface area contributed by atoms with Crippen molar-refractivity contribution < 1.29 is 9.18 Å². The lowest BCUT2D eigenvalue weighted by atomic mass is 10.1. The van der Waals surface area contributed by atoms with Gasteiger partial charge >= 0.3 is 0 Å². The molecule has 2 heterocycles. The van der Waals surface area contributed by atoms with Crippen LogP contribution in [-0.4, -0.2) is 15.5 Å². The van der Waals surface area contributed by atoms with Crippen molar-refractivity contribution in [2.75, 3.05) is 4.90 Å². The van der Waals surface area contributed by atoms with Crippen molar-refractivity contribution in [1.82, 2.24) is 9.55 Å². The molecular formula is C21H15ClFN3O. The van der Waals surface area contributed by atoms with Gasteiger partial charge in [0.2, 0.25) is 5.95 Å². The molecule has 3 aromatic rings. The fourth-order valence-electron chi connectivity index (χ4n) is 3.08. The number of carbonyl (C=O) groups is 1. The van der Waals surface area contributed by atoms with E-state index >= 15 is 0 Å². The minimum atomic E-state index is -0.868. The van der Waals surface area contributed by atoms with Gasteiger partial charge in [0.25, 0.3) is 5.91 Å². The molecule has 0 spiro atoms. The van der Waals surface area contributed by atoms with E-state index in [1.165, 1.54) is 11.0 Å². The lowest BCUT2D eigenvalue weighted by Gasteiger charge is -2.20. The second kappa shape index (κ2) is 6.26. The number of anilines is 2. The van der Waals surface area contributed by atoms with Gasteiger partial charge in [0.15, 0.2) is 0 Å². The van der Waals surface area contributed by atoms with Crippen molar-refractivity contribution in [2.45, 2.75) is 19.4 Å². The molecule has 1 amide bonds. The summed E-state index contributed by atoms with van der Waals surface area (Å²) in [5, 5.41) is 0.105. The molecule has 0 radical (unpaired) electrons. The van der Waals surface area contributed by atoms with Crippen LogP contribution in [0.3, 0.4) is 0 Å². The number of nitrogens with zero attached hydrogens (tertiary/aromatic N) is 3. The van der Waals surface area contributed by atoms with Crippen molar-refractivity contribution in [3.8, 4) is 11.8 Å². The molecule has 2 aromatic carbocycles. The Labute approximate surface area is 161 Å². The molecule has 0 atom stereocenters. The summed E-state index contributed by atoms with van der Waals surface area (Å²) in [4.78, 5) is 18.3. The third-order valence-electron chi connectivity index (χ3n) is 4.52. The van der Waals surface area contributed by atoms with Crippen LogP contribution in [0.15, 0.2) is 54.9 Å². The molecule has 6 heteroatoms. The first-order valence-corrected chi connectivity index (χ1v) is 8.72. The largest absolute Gasteiger partial charge is 0.302 e. The highest BCUT2D eigenvalue weighted by molar-refractivity contribution is 6.34. The molecule has 0 saturated carbocycles. The van der Waals surface area contributed by atoms with Crippen LogP contribution in [0, 0.1) is 17.7 Å². The Kier molecular flexibility index (Phi) is 4.01. The summed E-state index contributed by atoms with van der Waals surface area (Å²) >= 11 is 6.35. The van der Waals surface area contributed by atoms with Gasteiger partial charge in [-0.1, -0.05) is 41.6 Å². The SMILES string of the molecule is CC1(C)C(=O)N(c2c(F)cc(C#Cc3ccccc3)cc2Cl)c2nccn21. The first-order chi connectivity index (χ1) is 12.9. The molecule has 0 saturated heterocycles. The minimum absolute atomic E-state index is 0.00930. The summed E-state index contributed by atoms with van der Waals surface area (Å²) in [6.07, 6.45) is 3.26. The molecular weight excluding hydrogens is 365 g/mol. The van der Waals surface area contributed by atoms with Gasteiger partial charge in [0.1, 0.15) is 17.0 Å². The highest BCUT2D eigenvalue weighted by Crippen LogP contribution is 2.42. The van der Waals surface area contributed by atoms with E-state index in [1.54, 1.807) is 36.9 Å². The molecule has 0 unspecified atom stereocenters. The molecule has 27 heavy (non-hydrogen) atoms. The molecule has 4 nitrogen and oxygen atoms in total. The summed E-state index contributed by atoms with van der Waals surface area (Å²) in [6.45, 7) is 3.51. The van der Waals surface area contributed by atoms with Crippen molar-refractivity contribution >= 4 is 29.1 Å². The first-order valence-electron chi connectivity index (χ1n) is 8.34. The fourth-order valence-corrected chi connectivity index (χ4v) is 3.38. The zero-order valence-corrected chi connectivity index (χ0v) is 15.5. The Balaban J connectivity index is 1.77. The lowest BCUT2D eigenvalue weighted by Crippen LogP contribution is -2.36. The molecule has 4 rings (SSSR count). The standard InChI is InChI=1S/C21H15ClFN3O/c1-21(2)19(27)26(20-24-10-11-25(20)21)18-16(22)12-15(13-17(18)23)9-8-14-6-4-3-5-7-14/h3-7,10-13H,1-2H3. The van der Waals surface area contributed by atoms with E-state index in [-0.39, 0.29) is 16.6 Å². The van der Waals surface area contributed by atoms with E-state index < -0.39 is 11.4 Å². The Morgan fingerprint density at radius 3 is 2.52 bits per heavy atom. The average Bonchev–Trinajstić information content (AvgIpc) is 3.19. The number of rotatable bonds is 1. The molecule has 0 bridgehead atoms. The average molecular weight is 380 g/mol. The van der Waals surface area contributed by atoms with Crippen LogP contribution >= 0.6 is 11.6 Å². The lowest BCUT2D eigenvalue weighted by molar-refractivity contribution is -0.123. The first kappa shape index (κ1) is 17.3. The van der Waals surface area contributed by atoms with Gasteiger partial charge in [-0.05, 0) is 38.1 Å². The number of amides is 1. The van der Waals surface area contributed by atoms with Crippen LogP contribution in [-0.2, 0) is 10.3 Å². The Bertz CT molecular complexity index is 1090. The monoisotopic (exact) mass is 379 g/mol. The number of hydrogen-bond acceptors (Lipinski definition) is 2. The quantitative estimate of drug-likeness (QED) is 0.584.